The Labute approximate surface area is 763 Å². The third kappa shape index (κ3) is 17.8. The molecule has 14 rings (SSSR count). The molecular weight excluding hydrogens is 1710 g/mol. The largest absolute Gasteiger partial charge is 0.508 e. The van der Waals surface area contributed by atoms with E-state index in [1.165, 1.54) is 31.2 Å². The molecule has 6 fully saturated rings. The van der Waals surface area contributed by atoms with Crippen LogP contribution in [-0.4, -0.2) is 227 Å². The number of fused-ring (bicyclic) bond motifs is 10. The van der Waals surface area contributed by atoms with E-state index in [0.29, 0.717) is 16.7 Å². The van der Waals surface area contributed by atoms with Crippen LogP contribution < -0.4 is 10.6 Å². The summed E-state index contributed by atoms with van der Waals surface area (Å²) < 4.78 is 84.5. The van der Waals surface area contributed by atoms with Crippen LogP contribution >= 0.6 is 0 Å². The van der Waals surface area contributed by atoms with Gasteiger partial charge in [-0.15, -0.1) is 0 Å². The first kappa shape index (κ1) is 97.6. The summed E-state index contributed by atoms with van der Waals surface area (Å²) in [7, 11) is 2.19. The maximum absolute atomic E-state index is 16.0. The van der Waals surface area contributed by atoms with Crippen LogP contribution in [0.4, 0.5) is 9.59 Å². The Morgan fingerprint density at radius 2 is 0.811 bits per heavy atom. The highest BCUT2D eigenvalue weighted by molar-refractivity contribution is 5.99. The molecule has 0 unspecified atom stereocenters. The van der Waals surface area contributed by atoms with E-state index in [1.807, 2.05) is 0 Å². The van der Waals surface area contributed by atoms with Crippen LogP contribution in [0.15, 0.2) is 204 Å². The number of ether oxygens (including phenoxy) is 14. The molecule has 4 saturated carbocycles. The van der Waals surface area contributed by atoms with Crippen LogP contribution in [0.25, 0.3) is 0 Å². The van der Waals surface area contributed by atoms with Crippen molar-refractivity contribution in [3.05, 3.63) is 238 Å². The van der Waals surface area contributed by atoms with Gasteiger partial charge in [0.25, 0.3) is 11.8 Å². The second kappa shape index (κ2) is 38.4. The summed E-state index contributed by atoms with van der Waals surface area (Å²) in [4.78, 5) is 170. The van der Waals surface area contributed by atoms with E-state index in [0.717, 1.165) is 28.1 Å². The van der Waals surface area contributed by atoms with Gasteiger partial charge in [0.05, 0.1) is 97.7 Å². The quantitative estimate of drug-likeness (QED) is 0.0186. The number of aliphatic hydroxyl groups is 4. The fourth-order valence-corrected chi connectivity index (χ4v) is 21.1. The molecule has 6 aromatic rings. The van der Waals surface area contributed by atoms with Gasteiger partial charge in [0, 0.05) is 61.5 Å². The Kier molecular flexibility index (Phi) is 28.4. The summed E-state index contributed by atoms with van der Waals surface area (Å²) in [6.45, 7) is 20.9. The average molecular weight is 1820 g/mol. The predicted octanol–water partition coefficient (Wildman–Crippen LogP) is 10.8. The van der Waals surface area contributed by atoms with E-state index in [4.69, 9.17) is 66.3 Å². The third-order valence-electron chi connectivity index (χ3n) is 28.0. The minimum Gasteiger partial charge on any atom is -0.456 e. The predicted molar refractivity (Wildman–Crippen MR) is 467 cm³/mol. The van der Waals surface area contributed by atoms with Crippen molar-refractivity contribution in [2.45, 2.75) is 243 Å². The van der Waals surface area contributed by atoms with Crippen molar-refractivity contribution >= 4 is 71.5 Å². The van der Waals surface area contributed by atoms with Crippen LogP contribution in [0.3, 0.4) is 0 Å². The van der Waals surface area contributed by atoms with E-state index in [1.54, 1.807) is 234 Å². The monoisotopic (exact) mass is 1820 g/mol. The first-order valence-electron chi connectivity index (χ1n) is 43.9. The number of amides is 2. The fourth-order valence-electron chi connectivity index (χ4n) is 21.1. The van der Waals surface area contributed by atoms with Crippen molar-refractivity contribution in [2.75, 3.05) is 27.4 Å². The molecule has 6 aromatic carbocycles. The zero-order chi connectivity index (χ0) is 95.9. The van der Waals surface area contributed by atoms with Gasteiger partial charge in [-0.25, -0.2) is 28.8 Å². The van der Waals surface area contributed by atoms with E-state index in [2.05, 4.69) is 10.6 Å². The highest BCUT2D eigenvalue weighted by atomic mass is 16.8. The highest BCUT2D eigenvalue weighted by Crippen LogP contribution is 2.68. The van der Waals surface area contributed by atoms with E-state index in [-0.39, 0.29) is 65.0 Å². The molecule has 2 amide bonds. The number of carbonyl (C=O) groups excluding carboxylic acids is 12. The SMILES string of the molecule is COC(=O)O[C@@]12CO[C@@H]1C[C@H](O)[C@@]1(C)C(=O)[C@H](OC(C)=O)C3=C(C)[C@@H](OC(=O)[C@H](OC(C)C)[C@@H](NC(=O)c4ccccc4)c4ccccc4)C[C@@](O)([C@@H](OC(=O)c4ccccc4)[C@H]21)C3(C)C.COC(=O)O[C@@]12CO[C@@H]1C[C@H](OC(C)C)[C@@]1(C)C(=O)[C@H](OC(C)=O)C3=C(C)[C@@H](OC(=O)[C@H](O)[C@@H](NC(=O)c4ccccc4)c4ccccc4)C[C@@](O)([C@@H](OC(=O)c4ccccc4)[C@H]21)C3(C)C. The van der Waals surface area contributed by atoms with Crippen molar-refractivity contribution in [1.29, 1.82) is 0 Å². The topological polar surface area (TPSA) is 439 Å². The Morgan fingerprint density at radius 3 is 1.18 bits per heavy atom. The molecule has 32 heteroatoms. The lowest BCUT2D eigenvalue weighted by Crippen LogP contribution is -2.82. The van der Waals surface area contributed by atoms with E-state index < -0.39 is 238 Å². The number of ketones is 2. The lowest BCUT2D eigenvalue weighted by Gasteiger charge is -2.67. The molecule has 704 valence electrons. The van der Waals surface area contributed by atoms with Crippen molar-refractivity contribution in [2.24, 2.45) is 33.5 Å². The number of hydrogen-bond donors (Lipinski definition) is 6. The van der Waals surface area contributed by atoms with Crippen molar-refractivity contribution in [1.82, 2.24) is 10.6 Å². The fraction of sp³-hybridized carbons (Fsp3) is 0.480. The number of nitrogens with one attached hydrogen (secondary N) is 2. The average Bonchev–Trinajstić information content (AvgIpc) is 0.669. The summed E-state index contributed by atoms with van der Waals surface area (Å²) >= 11 is 0. The van der Waals surface area contributed by atoms with Crippen LogP contribution in [-0.2, 0) is 95.1 Å². The highest BCUT2D eigenvalue weighted by Gasteiger charge is 2.81. The molecule has 4 bridgehead atoms. The van der Waals surface area contributed by atoms with Gasteiger partial charge >= 0.3 is 48.1 Å². The molecule has 0 radical (unpaired) electrons. The second-order valence-corrected chi connectivity index (χ2v) is 37.0. The molecule has 2 heterocycles. The normalized spacial score (nSPS) is 30.7. The zero-order valence-corrected chi connectivity index (χ0v) is 76.4. The Bertz CT molecular complexity index is 5400. The number of Topliss-reactive ketones (excluding diaryl/α,β-unsaturated/α-hetero) is 2. The summed E-state index contributed by atoms with van der Waals surface area (Å²) in [5.41, 5.74) is -13.7. The lowest BCUT2D eigenvalue weighted by atomic mass is 9.44. The minimum atomic E-state index is -2.40. The Morgan fingerprint density at radius 1 is 0.455 bits per heavy atom. The standard InChI is InChI=1S/2C50H57NO15/c1-27(2)62-34-24-35-49(26-61-35,66-46(58)60-8)40-42(65-44(56)32-22-16-11-17-23-32)50(59)25-33(28(3)36(47(50,5)6)39(63-29(4)52)41(54)48(34,40)7)64-45(57)38(53)37(30-18-12-9-13-19-30)51-43(55)31-20-14-10-15-21-31;1-27(2)62-39(37(30-18-12-9-13-19-30)51-43(55)31-20-14-10-15-21-31)45(57)64-33-25-50(59)42(65-44(56)32-22-16-11-17-23-32)40-48(7,34(53)24-35-49(40,26-61-35)66-46(58)60-8)41(54)38(63-29(4)52)36(28(33)3)47(50,5)6/h2*9-23,27,33-35,37-40,42,53,59H,24-26H2,1-8H3,(H,51,55)/t2*33-,34-,35+,37-,38+,39+,40-,42-,48+,49-,50+/m00/s1. The number of esters is 6. The van der Waals surface area contributed by atoms with Gasteiger partial charge in [-0.3, -0.25) is 28.8 Å². The number of carbonyl (C=O) groups is 12. The number of benzene rings is 6. The Hall–Kier alpha value is -11.9. The summed E-state index contributed by atoms with van der Waals surface area (Å²) in [6.07, 6.45) is -23.2. The van der Waals surface area contributed by atoms with Crippen molar-refractivity contribution in [3.63, 3.8) is 0 Å². The van der Waals surface area contributed by atoms with Crippen LogP contribution in [0.1, 0.15) is 187 Å². The molecule has 0 aromatic heterocycles. The smallest absolute Gasteiger partial charge is 0.456 e. The molecule has 2 saturated heterocycles. The lowest BCUT2D eigenvalue weighted by molar-refractivity contribution is -0.348. The van der Waals surface area contributed by atoms with Crippen molar-refractivity contribution in [3.8, 4) is 0 Å². The molecular formula is C100H114N2O30. The molecule has 2 aliphatic heterocycles. The zero-order valence-electron chi connectivity index (χ0n) is 76.4. The Balaban J connectivity index is 0.000000224. The molecule has 8 aliphatic rings. The van der Waals surface area contributed by atoms with Crippen LogP contribution in [0.5, 0.6) is 0 Å². The van der Waals surface area contributed by atoms with Gasteiger partial charge in [-0.1, -0.05) is 161 Å². The van der Waals surface area contributed by atoms with Crippen molar-refractivity contribution < 1.29 is 144 Å². The van der Waals surface area contributed by atoms with Crippen LogP contribution in [0.2, 0.25) is 0 Å². The van der Waals surface area contributed by atoms with E-state index >= 15 is 14.4 Å². The maximum atomic E-state index is 16.0. The summed E-state index contributed by atoms with van der Waals surface area (Å²) in [5.74, 6) is -11.6. The number of rotatable bonds is 24. The first-order valence-corrected chi connectivity index (χ1v) is 43.9. The van der Waals surface area contributed by atoms with Gasteiger partial charge in [-0.2, -0.15) is 0 Å². The van der Waals surface area contributed by atoms with Crippen LogP contribution in [0, 0.1) is 33.5 Å². The molecule has 32 nitrogen and oxygen atoms in total. The third-order valence-corrected chi connectivity index (χ3v) is 28.0. The number of methoxy groups -OCH3 is 2. The second-order valence-electron chi connectivity index (χ2n) is 37.0. The van der Waals surface area contributed by atoms with Gasteiger partial charge in [-0.05, 0) is 137 Å². The summed E-state index contributed by atoms with van der Waals surface area (Å²) in [5, 5.41) is 57.5. The number of hydrogen-bond acceptors (Lipinski definition) is 30. The van der Waals surface area contributed by atoms with Gasteiger partial charge in [0.15, 0.2) is 47.2 Å². The van der Waals surface area contributed by atoms with Gasteiger partial charge < -0.3 is 97.4 Å². The molecule has 6 aliphatic carbocycles. The number of aliphatic hydroxyl groups excluding tert-OH is 2. The maximum Gasteiger partial charge on any atom is 0.508 e. The van der Waals surface area contributed by atoms with Gasteiger partial charge in [0.2, 0.25) is 0 Å². The summed E-state index contributed by atoms with van der Waals surface area (Å²) in [6, 6.07) is 46.9. The molecule has 22 atom stereocenters. The molecule has 0 spiro atoms. The molecule has 6 N–H and O–H groups in total. The van der Waals surface area contributed by atoms with Gasteiger partial charge in [0.1, 0.15) is 47.8 Å². The van der Waals surface area contributed by atoms with E-state index in [9.17, 15) is 63.6 Å². The molecule has 132 heavy (non-hydrogen) atoms. The first-order chi connectivity index (χ1) is 62.4. The minimum absolute atomic E-state index is 0.0125.